The van der Waals surface area contributed by atoms with Crippen molar-refractivity contribution < 1.29 is 23.1 Å². The van der Waals surface area contributed by atoms with Crippen molar-refractivity contribution >= 4 is 16.9 Å². The zero-order valence-electron chi connectivity index (χ0n) is 17.1. The van der Waals surface area contributed by atoms with Crippen molar-refractivity contribution in [3.63, 3.8) is 0 Å². The summed E-state index contributed by atoms with van der Waals surface area (Å²) in [6.07, 6.45) is 1.66. The van der Waals surface area contributed by atoms with Gasteiger partial charge in [0.05, 0.1) is 5.69 Å². The number of halogens is 3. The molecule has 0 fully saturated rings. The number of H-pyrrole nitrogens is 1. The van der Waals surface area contributed by atoms with Gasteiger partial charge in [-0.25, -0.2) is 4.98 Å². The Bertz CT molecular complexity index is 1280. The van der Waals surface area contributed by atoms with Crippen LogP contribution in [0.4, 0.5) is 13.2 Å². The van der Waals surface area contributed by atoms with Crippen molar-refractivity contribution in [2.75, 3.05) is 14.1 Å². The van der Waals surface area contributed by atoms with E-state index in [2.05, 4.69) is 20.1 Å². The molecule has 2 N–H and O–H groups in total. The van der Waals surface area contributed by atoms with Gasteiger partial charge in [-0.3, -0.25) is 14.5 Å². The zero-order valence-corrected chi connectivity index (χ0v) is 17.1. The van der Waals surface area contributed by atoms with E-state index in [0.717, 1.165) is 4.68 Å². The number of nitrogens with zero attached hydrogens (tertiary/aromatic N) is 5. The van der Waals surface area contributed by atoms with Crippen LogP contribution in [0.5, 0.6) is 0 Å². The van der Waals surface area contributed by atoms with E-state index >= 15 is 0 Å². The Kier molecular flexibility index (Phi) is 5.43. The third-order valence-corrected chi connectivity index (χ3v) is 4.94. The highest BCUT2D eigenvalue weighted by atomic mass is 19.4. The molecule has 1 unspecified atom stereocenters. The molecular formula is C21H19F3N6O2. The van der Waals surface area contributed by atoms with E-state index in [0.29, 0.717) is 39.0 Å². The molecule has 0 aliphatic rings. The van der Waals surface area contributed by atoms with Crippen LogP contribution in [0.25, 0.3) is 33.4 Å². The van der Waals surface area contributed by atoms with E-state index in [-0.39, 0.29) is 0 Å². The SMILES string of the molecule is CN(C)C(=O)C(O)c1cncc(-c2cnc3[nH]cc(-c4ccnn4CC(F)(F)F)c3c2)c1. The number of aliphatic hydroxyl groups excluding tert-OH is 1. The van der Waals surface area contributed by atoms with Crippen LogP contribution in [0.15, 0.2) is 49.2 Å². The fraction of sp³-hybridized carbons (Fsp3) is 0.238. The first-order valence-corrected chi connectivity index (χ1v) is 9.54. The molecule has 11 heteroatoms. The number of fused-ring (bicyclic) bond motifs is 1. The van der Waals surface area contributed by atoms with Crippen LogP contribution >= 0.6 is 0 Å². The molecule has 0 aliphatic carbocycles. The van der Waals surface area contributed by atoms with E-state index in [1.54, 1.807) is 30.7 Å². The smallest absolute Gasteiger partial charge is 0.378 e. The standard InChI is InChI=1S/C21H19F3N6O2/c1-29(2)20(32)18(31)14-5-12(7-25-8-14)13-6-15-16(10-27-19(15)26-9-13)17-3-4-28-30(17)11-21(22,23)24/h3-10,18,31H,11H2,1-2H3,(H,26,27). The van der Waals surface area contributed by atoms with Crippen LogP contribution < -0.4 is 0 Å². The number of amides is 1. The van der Waals surface area contributed by atoms with Gasteiger partial charge in [-0.15, -0.1) is 0 Å². The van der Waals surface area contributed by atoms with E-state index in [1.165, 1.54) is 37.5 Å². The van der Waals surface area contributed by atoms with Gasteiger partial charge in [0.1, 0.15) is 12.2 Å². The van der Waals surface area contributed by atoms with Crippen LogP contribution in [0, 0.1) is 0 Å². The highest BCUT2D eigenvalue weighted by molar-refractivity contribution is 5.95. The maximum absolute atomic E-state index is 12.9. The lowest BCUT2D eigenvalue weighted by Gasteiger charge is -2.16. The van der Waals surface area contributed by atoms with E-state index in [1.807, 2.05) is 0 Å². The highest BCUT2D eigenvalue weighted by Crippen LogP contribution is 2.32. The molecule has 0 aromatic carbocycles. The van der Waals surface area contributed by atoms with Gasteiger partial charge < -0.3 is 15.0 Å². The number of aromatic nitrogens is 5. The molecule has 0 saturated heterocycles. The molecule has 8 nitrogen and oxygen atoms in total. The van der Waals surface area contributed by atoms with Gasteiger partial charge in [-0.05, 0) is 18.2 Å². The molecule has 4 rings (SSSR count). The summed E-state index contributed by atoms with van der Waals surface area (Å²) >= 11 is 0. The van der Waals surface area contributed by atoms with E-state index in [4.69, 9.17) is 0 Å². The first-order valence-electron chi connectivity index (χ1n) is 9.54. The topological polar surface area (TPSA) is 99.9 Å². The summed E-state index contributed by atoms with van der Waals surface area (Å²) in [4.78, 5) is 24.8. The molecule has 1 amide bonds. The summed E-state index contributed by atoms with van der Waals surface area (Å²) in [6, 6.07) is 4.90. The summed E-state index contributed by atoms with van der Waals surface area (Å²) in [6.45, 7) is -1.21. The molecule has 166 valence electrons. The molecule has 4 aromatic heterocycles. The Morgan fingerprint density at radius 3 is 2.69 bits per heavy atom. The average molecular weight is 444 g/mol. The Morgan fingerprint density at radius 2 is 1.97 bits per heavy atom. The monoisotopic (exact) mass is 444 g/mol. The molecule has 4 heterocycles. The maximum Gasteiger partial charge on any atom is 0.408 e. The van der Waals surface area contributed by atoms with Crippen LogP contribution in [0.2, 0.25) is 0 Å². The third-order valence-electron chi connectivity index (χ3n) is 4.94. The lowest BCUT2D eigenvalue weighted by atomic mass is 10.0. The largest absolute Gasteiger partial charge is 0.408 e. The number of hydrogen-bond donors (Lipinski definition) is 2. The van der Waals surface area contributed by atoms with Gasteiger partial charge in [-0.2, -0.15) is 18.3 Å². The van der Waals surface area contributed by atoms with Crippen LogP contribution in [0.3, 0.4) is 0 Å². The second kappa shape index (κ2) is 8.08. The first-order chi connectivity index (χ1) is 15.1. The zero-order chi connectivity index (χ0) is 23.0. The Balaban J connectivity index is 1.74. The summed E-state index contributed by atoms with van der Waals surface area (Å²) in [5.41, 5.74) is 2.85. The number of likely N-dealkylation sites (N-methyl/N-ethyl adjacent to an activating group) is 1. The van der Waals surface area contributed by atoms with Crippen LogP contribution in [0.1, 0.15) is 11.7 Å². The van der Waals surface area contributed by atoms with Gasteiger partial charge in [0.25, 0.3) is 5.91 Å². The number of carbonyl (C=O) groups excluding carboxylic acids is 1. The lowest BCUT2D eigenvalue weighted by molar-refractivity contribution is -0.142. The molecule has 4 aromatic rings. The number of nitrogens with one attached hydrogen (secondary N) is 1. The molecule has 0 radical (unpaired) electrons. The van der Waals surface area contributed by atoms with Gasteiger partial charge in [0.15, 0.2) is 6.10 Å². The van der Waals surface area contributed by atoms with Crippen molar-refractivity contribution in [1.29, 1.82) is 0 Å². The van der Waals surface area contributed by atoms with Gasteiger partial charge in [0, 0.05) is 72.7 Å². The average Bonchev–Trinajstić information content (AvgIpc) is 3.37. The third kappa shape index (κ3) is 4.19. The van der Waals surface area contributed by atoms with Gasteiger partial charge >= 0.3 is 6.18 Å². The predicted molar refractivity (Wildman–Crippen MR) is 110 cm³/mol. The second-order valence-electron chi connectivity index (χ2n) is 7.45. The number of aromatic amines is 1. The van der Waals surface area contributed by atoms with Crippen molar-refractivity contribution in [3.05, 3.63) is 54.7 Å². The summed E-state index contributed by atoms with van der Waals surface area (Å²) < 4.78 is 39.6. The highest BCUT2D eigenvalue weighted by Gasteiger charge is 2.30. The van der Waals surface area contributed by atoms with Crippen LogP contribution in [-0.4, -0.2) is 60.9 Å². The second-order valence-corrected chi connectivity index (χ2v) is 7.45. The Labute approximate surface area is 180 Å². The van der Waals surface area contributed by atoms with E-state index < -0.39 is 24.7 Å². The number of aliphatic hydroxyl groups is 1. The number of alkyl halides is 3. The summed E-state index contributed by atoms with van der Waals surface area (Å²) in [7, 11) is 3.08. The molecule has 0 aliphatic heterocycles. The quantitative estimate of drug-likeness (QED) is 0.493. The minimum Gasteiger partial charge on any atom is -0.378 e. The minimum absolute atomic E-state index is 0.298. The van der Waals surface area contributed by atoms with Crippen molar-refractivity contribution in [3.8, 4) is 22.4 Å². The number of pyridine rings is 2. The van der Waals surface area contributed by atoms with Gasteiger partial charge in [-0.1, -0.05) is 0 Å². The number of hydrogen-bond acceptors (Lipinski definition) is 5. The molecular weight excluding hydrogens is 425 g/mol. The number of rotatable bonds is 5. The summed E-state index contributed by atoms with van der Waals surface area (Å²) in [5, 5.41) is 14.7. The van der Waals surface area contributed by atoms with Gasteiger partial charge in [0.2, 0.25) is 0 Å². The molecule has 1 atom stereocenters. The maximum atomic E-state index is 12.9. The number of carbonyl (C=O) groups is 1. The van der Waals surface area contributed by atoms with E-state index in [9.17, 15) is 23.1 Å². The molecule has 32 heavy (non-hydrogen) atoms. The van der Waals surface area contributed by atoms with Crippen molar-refractivity contribution in [2.45, 2.75) is 18.8 Å². The normalized spacial score (nSPS) is 12.8. The lowest BCUT2D eigenvalue weighted by Crippen LogP contribution is -2.28. The first kappa shape index (κ1) is 21.5. The van der Waals surface area contributed by atoms with Crippen molar-refractivity contribution in [1.82, 2.24) is 29.6 Å². The minimum atomic E-state index is -4.41. The summed E-state index contributed by atoms with van der Waals surface area (Å²) in [5.74, 6) is -0.483. The fourth-order valence-corrected chi connectivity index (χ4v) is 3.38. The molecule has 0 saturated carbocycles. The molecule has 0 bridgehead atoms. The molecule has 0 spiro atoms. The Morgan fingerprint density at radius 1 is 1.22 bits per heavy atom. The predicted octanol–water partition coefficient (Wildman–Crippen LogP) is 3.17. The van der Waals surface area contributed by atoms with Crippen molar-refractivity contribution in [2.24, 2.45) is 0 Å². The fourth-order valence-electron chi connectivity index (χ4n) is 3.38. The Hall–Kier alpha value is -3.73. The van der Waals surface area contributed by atoms with Crippen LogP contribution in [-0.2, 0) is 11.3 Å².